The molecule has 0 aromatic heterocycles. The number of esters is 1. The lowest BCUT2D eigenvalue weighted by Gasteiger charge is -2.10. The van der Waals surface area contributed by atoms with Crippen molar-refractivity contribution in [2.75, 3.05) is 6.61 Å². The van der Waals surface area contributed by atoms with Gasteiger partial charge in [-0.25, -0.2) is 4.39 Å². The van der Waals surface area contributed by atoms with Crippen LogP contribution in [0.2, 0.25) is 0 Å². The summed E-state index contributed by atoms with van der Waals surface area (Å²) in [6.45, 7) is 3.80. The molecule has 0 fully saturated rings. The van der Waals surface area contributed by atoms with Gasteiger partial charge in [0.2, 0.25) is 0 Å². The van der Waals surface area contributed by atoms with Crippen LogP contribution >= 0.6 is 22.6 Å². The zero-order valence-corrected chi connectivity index (χ0v) is 10.7. The highest BCUT2D eigenvalue weighted by Gasteiger charge is 2.17. The van der Waals surface area contributed by atoms with Gasteiger partial charge in [-0.1, -0.05) is 6.07 Å². The highest BCUT2D eigenvalue weighted by Crippen LogP contribution is 2.20. The molecule has 82 valence electrons. The first-order valence-corrected chi connectivity index (χ1v) is 5.75. The molecule has 0 unspecified atom stereocenters. The average molecular weight is 322 g/mol. The van der Waals surface area contributed by atoms with E-state index in [9.17, 15) is 9.18 Å². The zero-order chi connectivity index (χ0) is 11.4. The Hall–Kier alpha value is -0.650. The standard InChI is InChI=1S/C11H12FIO2/c1-3-15-11(14)7(2)8-4-5-10(13)9(12)6-8/h4-7H,3H2,1-2H3/t7-/m0/s1. The smallest absolute Gasteiger partial charge is 0.313 e. The Morgan fingerprint density at radius 2 is 2.27 bits per heavy atom. The first kappa shape index (κ1) is 12.4. The molecule has 0 aliphatic rings. The molecule has 1 atom stereocenters. The molecule has 2 nitrogen and oxygen atoms in total. The molecule has 1 aromatic carbocycles. The maximum Gasteiger partial charge on any atom is 0.313 e. The summed E-state index contributed by atoms with van der Waals surface area (Å²) in [5, 5.41) is 0. The van der Waals surface area contributed by atoms with Crippen LogP contribution in [0.3, 0.4) is 0 Å². The summed E-state index contributed by atoms with van der Waals surface area (Å²) >= 11 is 1.91. The molecule has 0 aliphatic carbocycles. The van der Waals surface area contributed by atoms with Crippen molar-refractivity contribution in [3.8, 4) is 0 Å². The fraction of sp³-hybridized carbons (Fsp3) is 0.364. The van der Waals surface area contributed by atoms with E-state index in [0.29, 0.717) is 15.7 Å². The summed E-state index contributed by atoms with van der Waals surface area (Å²) in [6, 6.07) is 4.77. The number of halogens is 2. The highest BCUT2D eigenvalue weighted by atomic mass is 127. The summed E-state index contributed by atoms with van der Waals surface area (Å²) in [6.07, 6.45) is 0. The average Bonchev–Trinajstić information content (AvgIpc) is 2.21. The Bertz CT molecular complexity index is 366. The lowest BCUT2D eigenvalue weighted by Crippen LogP contribution is -2.13. The van der Waals surface area contributed by atoms with E-state index < -0.39 is 5.92 Å². The van der Waals surface area contributed by atoms with E-state index in [-0.39, 0.29) is 11.8 Å². The van der Waals surface area contributed by atoms with Gasteiger partial charge in [0.25, 0.3) is 0 Å². The third kappa shape index (κ3) is 3.15. The van der Waals surface area contributed by atoms with Crippen LogP contribution in [0.25, 0.3) is 0 Å². The minimum absolute atomic E-state index is 0.302. The van der Waals surface area contributed by atoms with Crippen molar-refractivity contribution in [2.45, 2.75) is 19.8 Å². The van der Waals surface area contributed by atoms with Gasteiger partial charge in [0.15, 0.2) is 0 Å². The van der Waals surface area contributed by atoms with E-state index in [1.54, 1.807) is 26.0 Å². The summed E-state index contributed by atoms with van der Waals surface area (Å²) in [4.78, 5) is 11.4. The predicted molar refractivity (Wildman–Crippen MR) is 64.2 cm³/mol. The first-order valence-electron chi connectivity index (χ1n) is 4.67. The third-order valence-corrected chi connectivity index (χ3v) is 2.96. The van der Waals surface area contributed by atoms with Crippen LogP contribution in [-0.2, 0) is 9.53 Å². The summed E-state index contributed by atoms with van der Waals surface area (Å²) in [5.74, 6) is -1.04. The highest BCUT2D eigenvalue weighted by molar-refractivity contribution is 14.1. The molecule has 0 spiro atoms. The van der Waals surface area contributed by atoms with Gasteiger partial charge in [-0.05, 0) is 54.1 Å². The van der Waals surface area contributed by atoms with Crippen LogP contribution in [0.15, 0.2) is 18.2 Å². The van der Waals surface area contributed by atoms with Gasteiger partial charge >= 0.3 is 5.97 Å². The Balaban J connectivity index is 2.86. The van der Waals surface area contributed by atoms with Gasteiger partial charge in [0.1, 0.15) is 5.82 Å². The number of rotatable bonds is 3. The monoisotopic (exact) mass is 322 g/mol. The van der Waals surface area contributed by atoms with Crippen LogP contribution in [0.4, 0.5) is 4.39 Å². The minimum atomic E-state index is -0.420. The largest absolute Gasteiger partial charge is 0.466 e. The van der Waals surface area contributed by atoms with Crippen molar-refractivity contribution in [1.82, 2.24) is 0 Å². The summed E-state index contributed by atoms with van der Waals surface area (Å²) in [5.41, 5.74) is 0.645. The van der Waals surface area contributed by atoms with E-state index >= 15 is 0 Å². The number of ether oxygens (including phenoxy) is 1. The summed E-state index contributed by atoms with van der Waals surface area (Å²) < 4.78 is 18.6. The van der Waals surface area contributed by atoms with Crippen molar-refractivity contribution < 1.29 is 13.9 Å². The molecule has 0 N–H and O–H groups in total. The molecule has 0 saturated heterocycles. The van der Waals surface area contributed by atoms with Crippen molar-refractivity contribution in [3.63, 3.8) is 0 Å². The lowest BCUT2D eigenvalue weighted by atomic mass is 10.0. The number of benzene rings is 1. The van der Waals surface area contributed by atoms with Crippen LogP contribution in [-0.4, -0.2) is 12.6 Å². The van der Waals surface area contributed by atoms with Crippen molar-refractivity contribution in [2.24, 2.45) is 0 Å². The Morgan fingerprint density at radius 3 is 2.80 bits per heavy atom. The van der Waals surface area contributed by atoms with Gasteiger partial charge in [-0.2, -0.15) is 0 Å². The van der Waals surface area contributed by atoms with Crippen LogP contribution in [0, 0.1) is 9.39 Å². The SMILES string of the molecule is CCOC(=O)[C@@H](C)c1ccc(I)c(F)c1. The van der Waals surface area contributed by atoms with Crippen molar-refractivity contribution >= 4 is 28.6 Å². The van der Waals surface area contributed by atoms with E-state index in [1.807, 2.05) is 22.6 Å². The van der Waals surface area contributed by atoms with Crippen molar-refractivity contribution in [3.05, 3.63) is 33.1 Å². The second-order valence-corrected chi connectivity index (χ2v) is 4.31. The quantitative estimate of drug-likeness (QED) is 0.631. The fourth-order valence-corrected chi connectivity index (χ4v) is 1.52. The van der Waals surface area contributed by atoms with Crippen LogP contribution < -0.4 is 0 Å². The second-order valence-electron chi connectivity index (χ2n) is 3.15. The van der Waals surface area contributed by atoms with Gasteiger partial charge < -0.3 is 4.74 Å². The molecule has 0 amide bonds. The van der Waals surface area contributed by atoms with Gasteiger partial charge in [0, 0.05) is 3.57 Å². The maximum atomic E-state index is 13.2. The molecule has 0 aliphatic heterocycles. The number of carbonyl (C=O) groups is 1. The second kappa shape index (κ2) is 5.44. The predicted octanol–water partition coefficient (Wildman–Crippen LogP) is 3.10. The van der Waals surface area contributed by atoms with E-state index in [2.05, 4.69) is 0 Å². The van der Waals surface area contributed by atoms with Gasteiger partial charge in [-0.3, -0.25) is 4.79 Å². The minimum Gasteiger partial charge on any atom is -0.466 e. The molecule has 0 bridgehead atoms. The lowest BCUT2D eigenvalue weighted by molar-refractivity contribution is -0.144. The number of hydrogen-bond donors (Lipinski definition) is 0. The van der Waals surface area contributed by atoms with E-state index in [1.165, 1.54) is 6.07 Å². The molecular weight excluding hydrogens is 310 g/mol. The maximum absolute atomic E-state index is 13.2. The normalized spacial score (nSPS) is 12.3. The van der Waals surface area contributed by atoms with Crippen molar-refractivity contribution in [1.29, 1.82) is 0 Å². The van der Waals surface area contributed by atoms with E-state index in [4.69, 9.17) is 4.74 Å². The molecule has 0 heterocycles. The van der Waals surface area contributed by atoms with Crippen LogP contribution in [0.5, 0.6) is 0 Å². The number of hydrogen-bond acceptors (Lipinski definition) is 2. The Morgan fingerprint density at radius 1 is 1.60 bits per heavy atom. The zero-order valence-electron chi connectivity index (χ0n) is 8.59. The topological polar surface area (TPSA) is 26.3 Å². The fourth-order valence-electron chi connectivity index (χ4n) is 1.19. The molecule has 0 saturated carbocycles. The molecule has 15 heavy (non-hydrogen) atoms. The molecule has 1 rings (SSSR count). The molecule has 0 radical (unpaired) electrons. The molecular formula is C11H12FIO2. The molecule has 4 heteroatoms. The van der Waals surface area contributed by atoms with Gasteiger partial charge in [-0.15, -0.1) is 0 Å². The van der Waals surface area contributed by atoms with Gasteiger partial charge in [0.05, 0.1) is 12.5 Å². The molecule has 1 aromatic rings. The first-order chi connectivity index (χ1) is 7.06. The Labute approximate surface area is 102 Å². The van der Waals surface area contributed by atoms with Crippen LogP contribution in [0.1, 0.15) is 25.3 Å². The Kier molecular flexibility index (Phi) is 4.50. The summed E-state index contributed by atoms with van der Waals surface area (Å²) in [7, 11) is 0. The van der Waals surface area contributed by atoms with E-state index in [0.717, 1.165) is 0 Å². The third-order valence-electron chi connectivity index (χ3n) is 2.08. The number of carbonyl (C=O) groups excluding carboxylic acids is 1.